The number of aliphatic hydroxyl groups is 3. The van der Waals surface area contributed by atoms with E-state index in [-0.39, 0.29) is 49.4 Å². The molecule has 50 heavy (non-hydrogen) atoms. The van der Waals surface area contributed by atoms with Crippen LogP contribution in [0, 0.1) is 11.8 Å². The molecule has 1 saturated heterocycles. The maximum atomic E-state index is 12.9. The largest absolute Gasteiger partial charge is 0.497 e. The van der Waals surface area contributed by atoms with Crippen LogP contribution in [0.4, 0.5) is 0 Å². The molecule has 0 aliphatic carbocycles. The Labute approximate surface area is 297 Å². The summed E-state index contributed by atoms with van der Waals surface area (Å²) < 4.78 is 28.5. The van der Waals surface area contributed by atoms with Crippen molar-refractivity contribution in [3.8, 4) is 5.75 Å². The predicted octanol–water partition coefficient (Wildman–Crippen LogP) is 4.57. The molecule has 11 heteroatoms. The van der Waals surface area contributed by atoms with Gasteiger partial charge in [0.25, 0.3) is 0 Å². The highest BCUT2D eigenvalue weighted by Crippen LogP contribution is 2.39. The molecular formula is C39H59NO10. The minimum Gasteiger partial charge on any atom is -0.497 e. The number of hydrogen-bond acceptors (Lipinski definition) is 11. The molecule has 0 spiro atoms. The molecule has 11 nitrogen and oxygen atoms in total. The summed E-state index contributed by atoms with van der Waals surface area (Å²) in [5.74, 6) is -0.623. The van der Waals surface area contributed by atoms with Crippen molar-refractivity contribution in [1.82, 2.24) is 5.32 Å². The quantitative estimate of drug-likeness (QED) is 0.0933. The van der Waals surface area contributed by atoms with Gasteiger partial charge in [-0.2, -0.15) is 0 Å². The molecule has 3 rings (SSSR count). The van der Waals surface area contributed by atoms with Crippen LogP contribution in [-0.4, -0.2) is 95.3 Å². The molecule has 0 aromatic heterocycles. The third-order valence-electron chi connectivity index (χ3n) is 9.87. The van der Waals surface area contributed by atoms with Crippen LogP contribution in [0.5, 0.6) is 5.75 Å². The lowest BCUT2D eigenvalue weighted by Crippen LogP contribution is -2.52. The third kappa shape index (κ3) is 11.7. The molecule has 2 heterocycles. The molecule has 2 aliphatic rings. The van der Waals surface area contributed by atoms with Crippen molar-refractivity contribution < 1.29 is 48.6 Å². The van der Waals surface area contributed by atoms with Gasteiger partial charge in [0.15, 0.2) is 0 Å². The van der Waals surface area contributed by atoms with Gasteiger partial charge in [-0.1, -0.05) is 57.2 Å². The van der Waals surface area contributed by atoms with Gasteiger partial charge >= 0.3 is 11.9 Å². The summed E-state index contributed by atoms with van der Waals surface area (Å²) in [7, 11) is 3.33. The second kappa shape index (κ2) is 18.4. The van der Waals surface area contributed by atoms with Crippen molar-refractivity contribution in [1.29, 1.82) is 0 Å². The molecule has 0 radical (unpaired) electrons. The molecule has 280 valence electrons. The Morgan fingerprint density at radius 1 is 1.18 bits per heavy atom. The molecule has 0 amide bonds. The Balaban J connectivity index is 1.87. The van der Waals surface area contributed by atoms with Crippen molar-refractivity contribution in [3.05, 3.63) is 65.8 Å². The fraction of sp³-hybridized carbons (Fsp3) is 0.641. The average molecular weight is 702 g/mol. The Bertz CT molecular complexity index is 1330. The highest BCUT2D eigenvalue weighted by molar-refractivity contribution is 5.70. The number of methoxy groups -OCH3 is 2. The van der Waals surface area contributed by atoms with Crippen molar-refractivity contribution in [2.24, 2.45) is 11.8 Å². The van der Waals surface area contributed by atoms with Crippen LogP contribution in [0.2, 0.25) is 0 Å². The predicted molar refractivity (Wildman–Crippen MR) is 190 cm³/mol. The van der Waals surface area contributed by atoms with Gasteiger partial charge in [0.2, 0.25) is 0 Å². The van der Waals surface area contributed by atoms with Crippen LogP contribution in [0.15, 0.2) is 60.2 Å². The molecule has 0 saturated carbocycles. The number of hydrogen-bond donors (Lipinski definition) is 4. The summed E-state index contributed by atoms with van der Waals surface area (Å²) in [6.07, 6.45) is 6.34. The highest BCUT2D eigenvalue weighted by atomic mass is 16.6. The fourth-order valence-electron chi connectivity index (χ4n) is 6.64. The van der Waals surface area contributed by atoms with Gasteiger partial charge in [-0.05, 0) is 69.4 Å². The fourth-order valence-corrected chi connectivity index (χ4v) is 6.64. The highest BCUT2D eigenvalue weighted by Gasteiger charge is 2.54. The normalized spacial score (nSPS) is 31.7. The Kier molecular flexibility index (Phi) is 15.3. The summed E-state index contributed by atoms with van der Waals surface area (Å²) in [6.45, 7) is 12.9. The number of allylic oxidation sites excluding steroid dienone is 2. The zero-order chi connectivity index (χ0) is 37.2. The van der Waals surface area contributed by atoms with Gasteiger partial charge in [-0.25, -0.2) is 0 Å². The molecule has 1 fully saturated rings. The zero-order valence-electron chi connectivity index (χ0n) is 31.1. The maximum Gasteiger partial charge on any atom is 0.309 e. The Morgan fingerprint density at radius 3 is 2.46 bits per heavy atom. The van der Waals surface area contributed by atoms with Gasteiger partial charge in [-0.3, -0.25) is 9.59 Å². The second-order valence-corrected chi connectivity index (χ2v) is 14.2. The molecule has 1 aromatic rings. The monoisotopic (exact) mass is 701 g/mol. The zero-order valence-corrected chi connectivity index (χ0v) is 31.1. The van der Waals surface area contributed by atoms with Crippen LogP contribution in [0.3, 0.4) is 0 Å². The molecule has 4 N–H and O–H groups in total. The number of nitrogens with one attached hydrogen (secondary N) is 1. The van der Waals surface area contributed by atoms with Crippen LogP contribution in [-0.2, 0) is 35.1 Å². The van der Waals surface area contributed by atoms with E-state index in [2.05, 4.69) is 19.2 Å². The number of carbonyl (C=O) groups excluding carboxylic acids is 2. The second-order valence-electron chi connectivity index (χ2n) is 14.2. The number of aliphatic hydroxyl groups excluding tert-OH is 1. The van der Waals surface area contributed by atoms with E-state index in [1.807, 2.05) is 38.1 Å². The van der Waals surface area contributed by atoms with E-state index < -0.39 is 47.5 Å². The van der Waals surface area contributed by atoms with Gasteiger partial charge in [-0.15, -0.1) is 0 Å². The first kappa shape index (κ1) is 41.4. The van der Waals surface area contributed by atoms with E-state index >= 15 is 0 Å². The summed E-state index contributed by atoms with van der Waals surface area (Å²) >= 11 is 0. The van der Waals surface area contributed by atoms with Gasteiger partial charge < -0.3 is 44.3 Å². The number of epoxide rings is 1. The Hall–Kier alpha value is -3.06. The van der Waals surface area contributed by atoms with Crippen molar-refractivity contribution in [2.75, 3.05) is 14.2 Å². The van der Waals surface area contributed by atoms with Crippen LogP contribution >= 0.6 is 0 Å². The summed E-state index contributed by atoms with van der Waals surface area (Å²) in [5.41, 5.74) is -1.10. The van der Waals surface area contributed by atoms with Crippen LogP contribution in [0.1, 0.15) is 79.7 Å². The first-order chi connectivity index (χ1) is 23.5. The van der Waals surface area contributed by atoms with Gasteiger partial charge in [0, 0.05) is 32.4 Å². The Morgan fingerprint density at radius 2 is 1.86 bits per heavy atom. The summed E-state index contributed by atoms with van der Waals surface area (Å²) in [6, 6.07) is 7.27. The first-order valence-corrected chi connectivity index (χ1v) is 17.6. The number of cyclic esters (lactones) is 1. The number of ether oxygens (including phenoxy) is 5. The van der Waals surface area contributed by atoms with Crippen LogP contribution in [0.25, 0.3) is 0 Å². The molecular weight excluding hydrogens is 642 g/mol. The molecule has 0 bridgehead atoms. The number of rotatable bonds is 14. The molecule has 2 aliphatic heterocycles. The topological polar surface area (TPSA) is 156 Å². The van der Waals surface area contributed by atoms with Gasteiger partial charge in [0.05, 0.1) is 43.5 Å². The third-order valence-corrected chi connectivity index (χ3v) is 9.87. The summed E-state index contributed by atoms with van der Waals surface area (Å²) in [4.78, 5) is 24.7. The van der Waals surface area contributed by atoms with E-state index in [4.69, 9.17) is 23.7 Å². The molecule has 1 aromatic carbocycles. The smallest absolute Gasteiger partial charge is 0.309 e. The van der Waals surface area contributed by atoms with Crippen LogP contribution < -0.4 is 10.1 Å². The maximum absolute atomic E-state index is 12.9. The summed E-state index contributed by atoms with van der Waals surface area (Å²) in [5, 5.41) is 37.0. The number of carbonyl (C=O) groups is 2. The number of benzene rings is 1. The van der Waals surface area contributed by atoms with E-state index in [0.29, 0.717) is 12.1 Å². The van der Waals surface area contributed by atoms with Crippen molar-refractivity contribution in [2.45, 2.75) is 135 Å². The minimum atomic E-state index is -1.46. The lowest BCUT2D eigenvalue weighted by molar-refractivity contribution is -0.157. The van der Waals surface area contributed by atoms with Crippen molar-refractivity contribution >= 4 is 11.9 Å². The van der Waals surface area contributed by atoms with Gasteiger partial charge in [0.1, 0.15) is 29.7 Å². The SMILES string of the molecule is CC[C@H](OC)[C@@H](C)[C@H]1O[C@H]1C(NCc1ccc(OC)cc1)C(C)(O)/C=C/C=C(\C)[C@H]1OC(=O)C[C@H](O)CC[C@@](C)(O)[C@@H](OC(C)=O)/C=C/[C@@H]1C. The van der Waals surface area contributed by atoms with Crippen molar-refractivity contribution in [3.63, 3.8) is 0 Å². The van der Waals surface area contributed by atoms with E-state index in [1.54, 1.807) is 58.4 Å². The number of esters is 2. The van der Waals surface area contributed by atoms with E-state index in [1.165, 1.54) is 6.92 Å². The lowest BCUT2D eigenvalue weighted by atomic mass is 9.87. The lowest BCUT2D eigenvalue weighted by Gasteiger charge is -2.32. The molecule has 2 unspecified atom stereocenters. The van der Waals surface area contributed by atoms with E-state index in [9.17, 15) is 24.9 Å². The van der Waals surface area contributed by atoms with E-state index in [0.717, 1.165) is 17.7 Å². The average Bonchev–Trinajstić information content (AvgIpc) is 3.85. The minimum absolute atomic E-state index is 0.0274. The first-order valence-electron chi connectivity index (χ1n) is 17.6. The standard InChI is InChI=1S/C39H59NO10/c1-10-31(47-9)26(4)35-36(50-35)37(40-23-28-14-16-30(46-8)17-15-28)39(7,45)20-11-12-24(2)34-25(3)13-18-32(48-27(5)41)38(6,44)21-19-29(42)22-33(43)49-34/h11-18,20,25-26,29,31-32,34-37,40,42,44-45H,10,19,21-23H2,1-9H3/b18-13+,20-11+,24-12+/t25-,26+,29+,31-,32-,34+,35+,36+,37?,38+,39?/m0/s1. The molecule has 11 atom stereocenters.